The number of carbonyl (C=O) groups excluding carboxylic acids is 2. The number of benzene rings is 3. The van der Waals surface area contributed by atoms with Crippen LogP contribution in [-0.2, 0) is 32.6 Å². The number of anilines is 1. The minimum atomic E-state index is -4.01. The van der Waals surface area contributed by atoms with Gasteiger partial charge >= 0.3 is 0 Å². The molecule has 0 aliphatic heterocycles. The molecule has 1 atom stereocenters. The Hall–Kier alpha value is -2.49. The maximum Gasteiger partial charge on any atom is 0.244 e. The minimum Gasteiger partial charge on any atom is -0.352 e. The zero-order chi connectivity index (χ0) is 31.1. The Labute approximate surface area is 273 Å². The molecular weight excluding hydrogens is 652 g/mol. The summed E-state index contributed by atoms with van der Waals surface area (Å²) in [5.41, 5.74) is 1.31. The topological polar surface area (TPSA) is 86.8 Å². The number of halogens is 4. The zero-order valence-corrected chi connectivity index (χ0v) is 27.5. The van der Waals surface area contributed by atoms with E-state index in [1.54, 1.807) is 18.2 Å². The minimum absolute atomic E-state index is 0.0156. The number of sulfonamides is 1. The van der Waals surface area contributed by atoms with Gasteiger partial charge in [0.2, 0.25) is 21.8 Å². The van der Waals surface area contributed by atoms with Gasteiger partial charge in [-0.15, -0.1) is 0 Å². The molecule has 7 nitrogen and oxygen atoms in total. The van der Waals surface area contributed by atoms with Gasteiger partial charge in [0.15, 0.2) is 0 Å². The summed E-state index contributed by atoms with van der Waals surface area (Å²) in [4.78, 5) is 29.7. The van der Waals surface area contributed by atoms with E-state index >= 15 is 0 Å². The van der Waals surface area contributed by atoms with Gasteiger partial charge in [0.25, 0.3) is 0 Å². The van der Waals surface area contributed by atoms with E-state index < -0.39 is 28.5 Å². The summed E-state index contributed by atoms with van der Waals surface area (Å²) in [6.45, 7) is -0.767. The lowest BCUT2D eigenvalue weighted by molar-refractivity contribution is -0.140. The molecular formula is C31H33Cl4N3O4S. The first-order chi connectivity index (χ1) is 20.4. The van der Waals surface area contributed by atoms with Gasteiger partial charge in [-0.25, -0.2) is 8.42 Å². The average molecular weight is 686 g/mol. The summed E-state index contributed by atoms with van der Waals surface area (Å²) in [5, 5.41) is 4.12. The Morgan fingerprint density at radius 1 is 0.884 bits per heavy atom. The number of nitrogens with one attached hydrogen (secondary N) is 1. The van der Waals surface area contributed by atoms with Crippen LogP contribution < -0.4 is 9.62 Å². The number of hydrogen-bond donors (Lipinski definition) is 1. The fourth-order valence-corrected chi connectivity index (χ4v) is 7.03. The maximum absolute atomic E-state index is 14.3. The molecule has 43 heavy (non-hydrogen) atoms. The van der Waals surface area contributed by atoms with Crippen molar-refractivity contribution in [1.82, 2.24) is 10.2 Å². The number of hydrogen-bond acceptors (Lipinski definition) is 4. The van der Waals surface area contributed by atoms with Crippen molar-refractivity contribution < 1.29 is 18.0 Å². The van der Waals surface area contributed by atoms with Crippen LogP contribution in [0, 0.1) is 0 Å². The van der Waals surface area contributed by atoms with Crippen molar-refractivity contribution in [2.75, 3.05) is 17.1 Å². The van der Waals surface area contributed by atoms with Crippen LogP contribution in [0.1, 0.15) is 43.2 Å². The summed E-state index contributed by atoms with van der Waals surface area (Å²) in [7, 11) is -4.01. The summed E-state index contributed by atoms with van der Waals surface area (Å²) in [5.74, 6) is -0.976. The van der Waals surface area contributed by atoms with Crippen LogP contribution in [0.5, 0.6) is 0 Å². The number of rotatable bonds is 11. The van der Waals surface area contributed by atoms with Gasteiger partial charge in [-0.2, -0.15) is 0 Å². The van der Waals surface area contributed by atoms with E-state index in [1.807, 2.05) is 30.3 Å². The van der Waals surface area contributed by atoms with Gasteiger partial charge in [-0.1, -0.05) is 102 Å². The summed E-state index contributed by atoms with van der Waals surface area (Å²) >= 11 is 25.6. The number of nitrogens with zero attached hydrogens (tertiary/aromatic N) is 2. The van der Waals surface area contributed by atoms with Crippen LogP contribution in [-0.4, -0.2) is 50.0 Å². The SMILES string of the molecule is CS(=O)(=O)N(CC(=O)N(Cc1c(Cl)cccc1Cl)[C@@H](Cc1ccccc1)C(=O)NC1CCCCC1)c1cc(Cl)ccc1Cl. The van der Waals surface area contributed by atoms with E-state index in [0.29, 0.717) is 15.6 Å². The largest absolute Gasteiger partial charge is 0.352 e. The third-order valence-corrected chi connectivity index (χ3v) is 9.86. The molecule has 0 spiro atoms. The number of carbonyl (C=O) groups is 2. The first kappa shape index (κ1) is 33.4. The fourth-order valence-electron chi connectivity index (χ4n) is 5.22. The van der Waals surface area contributed by atoms with Crippen LogP contribution in [0.2, 0.25) is 20.1 Å². The molecule has 0 aromatic heterocycles. The maximum atomic E-state index is 14.3. The van der Waals surface area contributed by atoms with Gasteiger partial charge < -0.3 is 10.2 Å². The quantitative estimate of drug-likeness (QED) is 0.232. The van der Waals surface area contributed by atoms with Gasteiger partial charge in [-0.3, -0.25) is 13.9 Å². The predicted octanol–water partition coefficient (Wildman–Crippen LogP) is 7.16. The van der Waals surface area contributed by atoms with Crippen LogP contribution in [0.25, 0.3) is 0 Å². The summed E-state index contributed by atoms with van der Waals surface area (Å²) < 4.78 is 26.9. The standard InChI is InChI=1S/C31H33Cl4N3O4S/c1-43(41,42)38(28-18-22(32)15-16-27(28)35)20-30(39)37(19-24-25(33)13-8-14-26(24)34)29(17-21-9-4-2-5-10-21)31(40)36-23-11-6-3-7-12-23/h2,4-5,8-10,13-16,18,23,29H,3,6-7,11-12,17,19-20H2,1H3,(H,36,40)/t29-/m0/s1. The highest BCUT2D eigenvalue weighted by Crippen LogP contribution is 2.32. The molecule has 1 saturated carbocycles. The van der Waals surface area contributed by atoms with Gasteiger partial charge in [0.1, 0.15) is 12.6 Å². The Morgan fingerprint density at radius 3 is 2.16 bits per heavy atom. The molecule has 1 aliphatic rings. The average Bonchev–Trinajstić information content (AvgIpc) is 2.96. The highest BCUT2D eigenvalue weighted by molar-refractivity contribution is 7.92. The van der Waals surface area contributed by atoms with Gasteiger partial charge in [-0.05, 0) is 48.7 Å². The van der Waals surface area contributed by atoms with E-state index in [9.17, 15) is 18.0 Å². The third-order valence-electron chi connectivity index (χ3n) is 7.47. The number of amides is 2. The molecule has 3 aromatic rings. The second kappa shape index (κ2) is 15.0. The van der Waals surface area contributed by atoms with Crippen LogP contribution >= 0.6 is 46.4 Å². The summed E-state index contributed by atoms with van der Waals surface area (Å²) in [6, 6.07) is 17.7. The second-order valence-corrected chi connectivity index (χ2v) is 14.2. The van der Waals surface area contributed by atoms with Crippen molar-refractivity contribution in [3.8, 4) is 0 Å². The monoisotopic (exact) mass is 683 g/mol. The molecule has 0 bridgehead atoms. The molecule has 1 fully saturated rings. The van der Waals surface area contributed by atoms with Crippen LogP contribution in [0.4, 0.5) is 5.69 Å². The first-order valence-corrected chi connectivity index (χ1v) is 17.3. The van der Waals surface area contributed by atoms with Crippen molar-refractivity contribution in [3.05, 3.63) is 97.9 Å². The van der Waals surface area contributed by atoms with E-state index in [0.717, 1.165) is 48.2 Å². The highest BCUT2D eigenvalue weighted by Gasteiger charge is 2.35. The van der Waals surface area contributed by atoms with Crippen molar-refractivity contribution in [2.45, 2.75) is 57.2 Å². The van der Waals surface area contributed by atoms with Crippen molar-refractivity contribution in [3.63, 3.8) is 0 Å². The van der Waals surface area contributed by atoms with Crippen molar-refractivity contribution in [1.29, 1.82) is 0 Å². The smallest absolute Gasteiger partial charge is 0.244 e. The Morgan fingerprint density at radius 2 is 1.53 bits per heavy atom. The third kappa shape index (κ3) is 9.02. The molecule has 0 radical (unpaired) electrons. The Balaban J connectivity index is 1.78. The predicted molar refractivity (Wildman–Crippen MR) is 175 cm³/mol. The molecule has 4 rings (SSSR count). The first-order valence-electron chi connectivity index (χ1n) is 13.9. The molecule has 3 aromatic carbocycles. The molecule has 0 unspecified atom stereocenters. The van der Waals surface area contributed by atoms with Crippen LogP contribution in [0.15, 0.2) is 66.7 Å². The van der Waals surface area contributed by atoms with Gasteiger partial charge in [0.05, 0.1) is 17.0 Å². The lowest BCUT2D eigenvalue weighted by Crippen LogP contribution is -2.55. The molecule has 230 valence electrons. The lowest BCUT2D eigenvalue weighted by atomic mass is 9.94. The molecule has 2 amide bonds. The second-order valence-electron chi connectivity index (χ2n) is 10.6. The zero-order valence-electron chi connectivity index (χ0n) is 23.6. The normalized spacial score (nSPS) is 14.6. The Bertz CT molecular complexity index is 1530. The van der Waals surface area contributed by atoms with Gasteiger partial charge in [0, 0.05) is 39.6 Å². The van der Waals surface area contributed by atoms with E-state index in [2.05, 4.69) is 5.32 Å². The molecule has 1 aliphatic carbocycles. The van der Waals surface area contributed by atoms with Crippen LogP contribution in [0.3, 0.4) is 0 Å². The lowest BCUT2D eigenvalue weighted by Gasteiger charge is -2.35. The van der Waals surface area contributed by atoms with E-state index in [4.69, 9.17) is 46.4 Å². The molecule has 1 N–H and O–H groups in total. The highest BCUT2D eigenvalue weighted by atomic mass is 35.5. The Kier molecular flexibility index (Phi) is 11.6. The fraction of sp³-hybridized carbons (Fsp3) is 0.355. The molecule has 0 saturated heterocycles. The van der Waals surface area contributed by atoms with Crippen molar-refractivity contribution in [2.24, 2.45) is 0 Å². The summed E-state index contributed by atoms with van der Waals surface area (Å²) in [6.07, 6.45) is 6.00. The van der Waals surface area contributed by atoms with E-state index in [-0.39, 0.29) is 40.6 Å². The van der Waals surface area contributed by atoms with Crippen molar-refractivity contribution >= 4 is 73.9 Å². The van der Waals surface area contributed by atoms with E-state index in [1.165, 1.54) is 23.1 Å². The molecule has 0 heterocycles. The molecule has 12 heteroatoms.